The van der Waals surface area contributed by atoms with Crippen molar-refractivity contribution < 1.29 is 9.47 Å². The fourth-order valence-electron chi connectivity index (χ4n) is 1.70. The molecule has 3 heteroatoms. The fraction of sp³-hybridized carbons (Fsp3) is 0.625. The summed E-state index contributed by atoms with van der Waals surface area (Å²) >= 11 is 0. The molecule has 0 radical (unpaired) electrons. The third kappa shape index (κ3) is 5.62. The van der Waals surface area contributed by atoms with Gasteiger partial charge in [-0.1, -0.05) is 12.1 Å². The number of hydrogen-bond donors (Lipinski definition) is 1. The highest BCUT2D eigenvalue weighted by Gasteiger charge is 2.17. The molecular weight excluding hydrogens is 238 g/mol. The number of methoxy groups -OCH3 is 1. The summed E-state index contributed by atoms with van der Waals surface area (Å²) in [6, 6.07) is 8.55. The number of nitrogens with one attached hydrogen (secondary N) is 1. The molecule has 0 fully saturated rings. The maximum Gasteiger partial charge on any atom is 0.119 e. The van der Waals surface area contributed by atoms with Crippen LogP contribution in [-0.2, 0) is 4.74 Å². The Kier molecular flexibility index (Phi) is 5.83. The molecule has 0 aliphatic heterocycles. The normalized spacial score (nSPS) is 13.6. The van der Waals surface area contributed by atoms with Crippen LogP contribution in [0.1, 0.15) is 46.2 Å². The summed E-state index contributed by atoms with van der Waals surface area (Å²) in [6.45, 7) is 11.2. The highest BCUT2D eigenvalue weighted by atomic mass is 16.5. The summed E-state index contributed by atoms with van der Waals surface area (Å²) in [5, 5.41) is 3.48. The smallest absolute Gasteiger partial charge is 0.119 e. The van der Waals surface area contributed by atoms with Crippen LogP contribution in [0.5, 0.6) is 5.75 Å². The van der Waals surface area contributed by atoms with Gasteiger partial charge < -0.3 is 14.8 Å². The van der Waals surface area contributed by atoms with Crippen LogP contribution in [0.25, 0.3) is 0 Å². The number of benzene rings is 1. The van der Waals surface area contributed by atoms with Crippen molar-refractivity contribution in [2.75, 3.05) is 13.7 Å². The first-order chi connectivity index (χ1) is 8.84. The van der Waals surface area contributed by atoms with Crippen LogP contribution in [0.3, 0.4) is 0 Å². The molecule has 0 bridgehead atoms. The van der Waals surface area contributed by atoms with Gasteiger partial charge in [0, 0.05) is 19.7 Å². The fourth-order valence-corrected chi connectivity index (χ4v) is 1.70. The van der Waals surface area contributed by atoms with Gasteiger partial charge in [0.2, 0.25) is 0 Å². The van der Waals surface area contributed by atoms with E-state index in [1.54, 1.807) is 7.11 Å². The van der Waals surface area contributed by atoms with Gasteiger partial charge in [-0.05, 0) is 52.3 Å². The molecule has 0 saturated heterocycles. The number of ether oxygens (including phenoxy) is 2. The Morgan fingerprint density at radius 2 is 1.68 bits per heavy atom. The summed E-state index contributed by atoms with van der Waals surface area (Å²) in [5.41, 5.74) is 1.11. The lowest BCUT2D eigenvalue weighted by atomic mass is 10.1. The van der Waals surface area contributed by atoms with E-state index in [1.807, 2.05) is 26.0 Å². The Morgan fingerprint density at radius 3 is 2.16 bits per heavy atom. The van der Waals surface area contributed by atoms with Gasteiger partial charge in [0.1, 0.15) is 5.75 Å². The van der Waals surface area contributed by atoms with E-state index < -0.39 is 0 Å². The lowest BCUT2D eigenvalue weighted by Crippen LogP contribution is -2.37. The minimum atomic E-state index is -0.144. The van der Waals surface area contributed by atoms with E-state index in [1.165, 1.54) is 5.56 Å². The van der Waals surface area contributed by atoms with Crippen LogP contribution in [-0.4, -0.2) is 25.4 Å². The zero-order valence-corrected chi connectivity index (χ0v) is 13.0. The minimum Gasteiger partial charge on any atom is -0.491 e. The standard InChI is InChI=1S/C16H27NO2/c1-12(2)19-15-9-7-14(8-10-15)13(3)17-11-16(4,5)18-6/h7-10,12-13,17H,11H2,1-6H3. The zero-order chi connectivity index (χ0) is 14.5. The van der Waals surface area contributed by atoms with Crippen LogP contribution in [0.2, 0.25) is 0 Å². The molecule has 3 nitrogen and oxygen atoms in total. The number of rotatable bonds is 7. The van der Waals surface area contributed by atoms with Gasteiger partial charge in [-0.25, -0.2) is 0 Å². The van der Waals surface area contributed by atoms with Gasteiger partial charge in [-0.3, -0.25) is 0 Å². The summed E-state index contributed by atoms with van der Waals surface area (Å²) in [7, 11) is 1.74. The van der Waals surface area contributed by atoms with E-state index in [9.17, 15) is 0 Å². The molecule has 0 aliphatic rings. The predicted octanol–water partition coefficient (Wildman–Crippen LogP) is 3.55. The lowest BCUT2D eigenvalue weighted by molar-refractivity contribution is 0.0214. The molecule has 1 atom stereocenters. The monoisotopic (exact) mass is 265 g/mol. The molecule has 1 unspecified atom stereocenters. The van der Waals surface area contributed by atoms with Gasteiger partial charge in [0.15, 0.2) is 0 Å². The van der Waals surface area contributed by atoms with Gasteiger partial charge in [0.25, 0.3) is 0 Å². The third-order valence-electron chi connectivity index (χ3n) is 3.14. The van der Waals surface area contributed by atoms with Gasteiger partial charge >= 0.3 is 0 Å². The second-order valence-electron chi connectivity index (χ2n) is 5.80. The summed E-state index contributed by atoms with van der Waals surface area (Å²) in [4.78, 5) is 0. The van der Waals surface area contributed by atoms with Crippen molar-refractivity contribution in [2.45, 2.75) is 52.4 Å². The van der Waals surface area contributed by atoms with E-state index in [4.69, 9.17) is 9.47 Å². The minimum absolute atomic E-state index is 0.144. The van der Waals surface area contributed by atoms with Crippen LogP contribution in [0, 0.1) is 0 Å². The average Bonchev–Trinajstić information content (AvgIpc) is 2.36. The highest BCUT2D eigenvalue weighted by molar-refractivity contribution is 5.29. The largest absolute Gasteiger partial charge is 0.491 e. The molecule has 0 amide bonds. The molecule has 1 aromatic carbocycles. The van der Waals surface area contributed by atoms with Crippen molar-refractivity contribution >= 4 is 0 Å². The first-order valence-electron chi connectivity index (χ1n) is 6.89. The summed E-state index contributed by atoms with van der Waals surface area (Å²) < 4.78 is 11.0. The predicted molar refractivity (Wildman–Crippen MR) is 79.7 cm³/mol. The van der Waals surface area contributed by atoms with E-state index >= 15 is 0 Å². The maximum absolute atomic E-state index is 5.64. The molecule has 0 aromatic heterocycles. The molecule has 1 N–H and O–H groups in total. The van der Waals surface area contributed by atoms with Crippen molar-refractivity contribution in [1.29, 1.82) is 0 Å². The van der Waals surface area contributed by atoms with Crippen molar-refractivity contribution in [3.05, 3.63) is 29.8 Å². The van der Waals surface area contributed by atoms with Gasteiger partial charge in [-0.15, -0.1) is 0 Å². The van der Waals surface area contributed by atoms with Gasteiger partial charge in [0.05, 0.1) is 11.7 Å². The van der Waals surface area contributed by atoms with Crippen molar-refractivity contribution in [3.8, 4) is 5.75 Å². The molecular formula is C16H27NO2. The van der Waals surface area contributed by atoms with Crippen molar-refractivity contribution in [2.24, 2.45) is 0 Å². The van der Waals surface area contributed by atoms with Gasteiger partial charge in [-0.2, -0.15) is 0 Å². The van der Waals surface area contributed by atoms with Crippen LogP contribution >= 0.6 is 0 Å². The molecule has 1 aromatic rings. The molecule has 0 aliphatic carbocycles. The molecule has 1 rings (SSSR count). The van der Waals surface area contributed by atoms with Crippen molar-refractivity contribution in [1.82, 2.24) is 5.32 Å². The second kappa shape index (κ2) is 6.92. The topological polar surface area (TPSA) is 30.5 Å². The highest BCUT2D eigenvalue weighted by Crippen LogP contribution is 2.19. The molecule has 0 heterocycles. The number of hydrogen-bond acceptors (Lipinski definition) is 3. The average molecular weight is 265 g/mol. The Labute approximate surface area is 117 Å². The first kappa shape index (κ1) is 16.0. The molecule has 19 heavy (non-hydrogen) atoms. The zero-order valence-electron chi connectivity index (χ0n) is 13.0. The van der Waals surface area contributed by atoms with Crippen LogP contribution < -0.4 is 10.1 Å². The summed E-state index contributed by atoms with van der Waals surface area (Å²) in [6.07, 6.45) is 0.212. The Morgan fingerprint density at radius 1 is 1.11 bits per heavy atom. The maximum atomic E-state index is 5.64. The first-order valence-corrected chi connectivity index (χ1v) is 6.89. The lowest BCUT2D eigenvalue weighted by Gasteiger charge is -2.26. The molecule has 0 saturated carbocycles. The van der Waals surface area contributed by atoms with E-state index in [0.717, 1.165) is 12.3 Å². The Balaban J connectivity index is 2.55. The quantitative estimate of drug-likeness (QED) is 0.818. The van der Waals surface area contributed by atoms with Crippen LogP contribution in [0.15, 0.2) is 24.3 Å². The van der Waals surface area contributed by atoms with E-state index in [0.29, 0.717) is 6.04 Å². The third-order valence-corrected chi connectivity index (χ3v) is 3.14. The second-order valence-corrected chi connectivity index (χ2v) is 5.80. The SMILES string of the molecule is COC(C)(C)CNC(C)c1ccc(OC(C)C)cc1. The molecule has 0 spiro atoms. The van der Waals surface area contributed by atoms with E-state index in [2.05, 4.69) is 38.2 Å². The Bertz CT molecular complexity index is 371. The van der Waals surface area contributed by atoms with E-state index in [-0.39, 0.29) is 11.7 Å². The molecule has 108 valence electrons. The Hall–Kier alpha value is -1.06. The van der Waals surface area contributed by atoms with Crippen molar-refractivity contribution in [3.63, 3.8) is 0 Å². The van der Waals surface area contributed by atoms with Crippen LogP contribution in [0.4, 0.5) is 0 Å². The summed E-state index contributed by atoms with van der Waals surface area (Å²) in [5.74, 6) is 0.920.